The number of halogens is 6. The van der Waals surface area contributed by atoms with Gasteiger partial charge in [0.1, 0.15) is 11.5 Å². The van der Waals surface area contributed by atoms with E-state index in [1.807, 2.05) is 26.0 Å². The van der Waals surface area contributed by atoms with Gasteiger partial charge in [0.2, 0.25) is 5.91 Å². The number of hydrogen-bond acceptors (Lipinski definition) is 13. The van der Waals surface area contributed by atoms with Crippen LogP contribution in [0.15, 0.2) is 81.8 Å². The van der Waals surface area contributed by atoms with E-state index in [9.17, 15) is 45.5 Å². The largest absolute Gasteiger partial charge is 0.493 e. The Morgan fingerprint density at radius 2 is 1.06 bits per heavy atom. The molecule has 21 heteroatoms. The number of esters is 2. The number of carbonyl (C=O) groups excluding carboxylic acids is 3. The molecule has 0 spiro atoms. The number of carbonyl (C=O) groups is 4. The van der Waals surface area contributed by atoms with Crippen molar-refractivity contribution in [1.29, 1.82) is 0 Å². The van der Waals surface area contributed by atoms with Crippen molar-refractivity contribution in [3.8, 4) is 11.5 Å². The normalized spacial score (nSPS) is 11.2. The molecule has 4 N–H and O–H groups in total. The second kappa shape index (κ2) is 25.8. The van der Waals surface area contributed by atoms with Crippen LogP contribution in [0.5, 0.6) is 11.5 Å². The molecular formula is C48H52F6N4O11. The first-order chi connectivity index (χ1) is 32.9. The third-order valence-corrected chi connectivity index (χ3v) is 10.0. The van der Waals surface area contributed by atoms with Crippen molar-refractivity contribution < 1.29 is 78.6 Å². The topological polar surface area (TPSA) is 216 Å². The highest BCUT2D eigenvalue weighted by molar-refractivity contribution is 5.90. The molecule has 0 fully saturated rings. The number of nitrogens with zero attached hydrogens (tertiary/aromatic N) is 2. The number of nitrogens with one attached hydrogen (secondary N) is 1. The zero-order valence-electron chi connectivity index (χ0n) is 38.2. The van der Waals surface area contributed by atoms with Crippen LogP contribution >= 0.6 is 0 Å². The van der Waals surface area contributed by atoms with Gasteiger partial charge < -0.3 is 44.2 Å². The summed E-state index contributed by atoms with van der Waals surface area (Å²) in [5.41, 5.74) is 7.28. The van der Waals surface area contributed by atoms with Gasteiger partial charge in [0.25, 0.3) is 0 Å². The second-order valence-electron chi connectivity index (χ2n) is 15.1. The van der Waals surface area contributed by atoms with Crippen LogP contribution in [0.2, 0.25) is 0 Å². The molecule has 1 amide bonds. The summed E-state index contributed by atoms with van der Waals surface area (Å²) < 4.78 is 108. The second-order valence-corrected chi connectivity index (χ2v) is 15.1. The number of benzene rings is 4. The zero-order chi connectivity index (χ0) is 50.7. The van der Waals surface area contributed by atoms with E-state index in [0.29, 0.717) is 85.4 Å². The SMILES string of the molecule is CCCc1c(OCCCC(=O)NCc2ccc(C(=O)OC)cc2)ccc2c(C(F)(F)F)noc12.CCCc1c(OCCCC(=O)O)ccc2c(C(F)(F)F)noc12.COC(=O)c1ccc(CN)cc1. The Kier molecular flexibility index (Phi) is 20.4. The number of fused-ring (bicyclic) bond motifs is 2. The van der Waals surface area contributed by atoms with Crippen LogP contribution in [0.25, 0.3) is 21.9 Å². The number of hydrogen-bond donors (Lipinski definition) is 3. The molecule has 2 aromatic heterocycles. The fourth-order valence-corrected chi connectivity index (χ4v) is 6.62. The van der Waals surface area contributed by atoms with E-state index in [1.165, 1.54) is 38.5 Å². The highest BCUT2D eigenvalue weighted by Gasteiger charge is 2.39. The first-order valence-electron chi connectivity index (χ1n) is 21.6. The zero-order valence-corrected chi connectivity index (χ0v) is 38.2. The lowest BCUT2D eigenvalue weighted by molar-refractivity contribution is -0.142. The Morgan fingerprint density at radius 3 is 1.43 bits per heavy atom. The lowest BCUT2D eigenvalue weighted by Crippen LogP contribution is -2.23. The number of carboxylic acid groups (broad SMARTS) is 1. The Labute approximate surface area is 392 Å². The van der Waals surface area contributed by atoms with Gasteiger partial charge in [-0.15, -0.1) is 0 Å². The molecular weight excluding hydrogens is 923 g/mol. The van der Waals surface area contributed by atoms with E-state index in [0.717, 1.165) is 11.1 Å². The fraction of sp³-hybridized carbons (Fsp3) is 0.375. The first-order valence-corrected chi connectivity index (χ1v) is 21.6. The van der Waals surface area contributed by atoms with Crippen LogP contribution in [-0.2, 0) is 57.3 Å². The van der Waals surface area contributed by atoms with E-state index in [2.05, 4.69) is 25.1 Å². The number of rotatable bonds is 19. The van der Waals surface area contributed by atoms with Gasteiger partial charge >= 0.3 is 30.3 Å². The molecule has 0 atom stereocenters. The van der Waals surface area contributed by atoms with Gasteiger partial charge in [-0.3, -0.25) is 9.59 Å². The average molecular weight is 975 g/mol. The lowest BCUT2D eigenvalue weighted by atomic mass is 10.0. The predicted octanol–water partition coefficient (Wildman–Crippen LogP) is 10.0. The van der Waals surface area contributed by atoms with Crippen LogP contribution in [0, 0.1) is 0 Å². The van der Waals surface area contributed by atoms with Crippen LogP contribution < -0.4 is 20.5 Å². The molecule has 69 heavy (non-hydrogen) atoms. The average Bonchev–Trinajstić information content (AvgIpc) is 3.99. The molecule has 15 nitrogen and oxygen atoms in total. The number of aliphatic carboxylic acids is 1. The third-order valence-electron chi connectivity index (χ3n) is 10.0. The number of carboxylic acids is 1. The van der Waals surface area contributed by atoms with E-state index in [-0.39, 0.29) is 59.9 Å². The lowest BCUT2D eigenvalue weighted by Gasteiger charge is -2.12. The molecule has 0 saturated heterocycles. The van der Waals surface area contributed by atoms with Gasteiger partial charge in [0.15, 0.2) is 22.6 Å². The Morgan fingerprint density at radius 1 is 0.638 bits per heavy atom. The maximum absolute atomic E-state index is 13.1. The van der Waals surface area contributed by atoms with E-state index < -0.39 is 35.7 Å². The van der Waals surface area contributed by atoms with Crippen molar-refractivity contribution in [2.75, 3.05) is 27.4 Å². The van der Waals surface area contributed by atoms with E-state index in [1.54, 1.807) is 36.4 Å². The van der Waals surface area contributed by atoms with E-state index >= 15 is 0 Å². The maximum atomic E-state index is 13.1. The van der Waals surface area contributed by atoms with Gasteiger partial charge in [-0.2, -0.15) is 26.3 Å². The van der Waals surface area contributed by atoms with Crippen molar-refractivity contribution in [3.05, 3.63) is 118 Å². The standard InChI is InChI=1S/C24H25F3N2O5.C15H16F3NO4.C9H11NO2/c1-3-5-17-19(12-11-18-21(17)34-29-22(18)24(25,26)27)33-13-4-6-20(30)28-14-15-7-9-16(10-8-15)23(31)32-2;1-2-4-9-11(22-8-3-5-12(20)21)7-6-10-13(9)23-19-14(10)15(16,17)18;1-12-9(11)8-4-2-7(6-10)3-5-8/h7-12H,3-6,13-14H2,1-2H3,(H,28,30);6-7H,2-5,8H2,1H3,(H,20,21);2-5H,6,10H2,1H3. The molecule has 0 radical (unpaired) electrons. The highest BCUT2D eigenvalue weighted by atomic mass is 19.4. The van der Waals surface area contributed by atoms with Gasteiger partial charge in [-0.05, 0) is 85.3 Å². The maximum Gasteiger partial charge on any atom is 0.437 e. The first kappa shape index (κ1) is 54.4. The summed E-state index contributed by atoms with van der Waals surface area (Å²) in [5, 5.41) is 17.5. The molecule has 0 aliphatic rings. The number of methoxy groups -OCH3 is 2. The number of amides is 1. The summed E-state index contributed by atoms with van der Waals surface area (Å²) in [7, 11) is 2.67. The summed E-state index contributed by atoms with van der Waals surface area (Å²) in [4.78, 5) is 45.0. The van der Waals surface area contributed by atoms with E-state index in [4.69, 9.17) is 29.4 Å². The highest BCUT2D eigenvalue weighted by Crippen LogP contribution is 2.39. The molecule has 6 rings (SSSR count). The van der Waals surface area contributed by atoms with Crippen LogP contribution in [-0.4, -0.2) is 66.7 Å². The molecule has 0 unspecified atom stereocenters. The molecule has 2 heterocycles. The number of aromatic nitrogens is 2. The summed E-state index contributed by atoms with van der Waals surface area (Å²) in [6.45, 7) is 4.95. The molecule has 0 bridgehead atoms. The molecule has 6 aromatic rings. The minimum atomic E-state index is -4.60. The summed E-state index contributed by atoms with van der Waals surface area (Å²) in [6, 6.07) is 19.2. The monoisotopic (exact) mass is 974 g/mol. The third kappa shape index (κ3) is 15.7. The van der Waals surface area contributed by atoms with Crippen molar-refractivity contribution >= 4 is 45.8 Å². The van der Waals surface area contributed by atoms with Gasteiger partial charge in [-0.1, -0.05) is 61.3 Å². The Bertz CT molecular complexity index is 2630. The van der Waals surface area contributed by atoms with Crippen molar-refractivity contribution in [2.24, 2.45) is 5.73 Å². The van der Waals surface area contributed by atoms with Crippen LogP contribution in [0.1, 0.15) is 107 Å². The minimum absolute atomic E-state index is 0.0358. The van der Waals surface area contributed by atoms with Crippen LogP contribution in [0.4, 0.5) is 26.3 Å². The minimum Gasteiger partial charge on any atom is -0.493 e. The number of nitrogens with two attached hydrogens (primary N) is 1. The van der Waals surface area contributed by atoms with Gasteiger partial charge in [0, 0.05) is 37.1 Å². The molecule has 0 aliphatic carbocycles. The van der Waals surface area contributed by atoms with Gasteiger partial charge in [-0.25, -0.2) is 9.59 Å². The molecule has 4 aromatic carbocycles. The fourth-order valence-electron chi connectivity index (χ4n) is 6.62. The Hall–Kier alpha value is -7.16. The Balaban J connectivity index is 0.000000254. The number of ether oxygens (including phenoxy) is 4. The van der Waals surface area contributed by atoms with Crippen molar-refractivity contribution in [1.82, 2.24) is 15.6 Å². The summed E-state index contributed by atoms with van der Waals surface area (Å²) >= 11 is 0. The number of aryl methyl sites for hydroxylation is 2. The number of alkyl halides is 6. The van der Waals surface area contributed by atoms with Crippen molar-refractivity contribution in [3.63, 3.8) is 0 Å². The van der Waals surface area contributed by atoms with Gasteiger partial charge in [0.05, 0.1) is 49.3 Å². The summed E-state index contributed by atoms with van der Waals surface area (Å²) in [5.74, 6) is -1.03. The molecule has 372 valence electrons. The van der Waals surface area contributed by atoms with Crippen LogP contribution in [0.3, 0.4) is 0 Å². The van der Waals surface area contributed by atoms with Crippen molar-refractivity contribution in [2.45, 2.75) is 90.7 Å². The molecule has 0 saturated carbocycles. The predicted molar refractivity (Wildman–Crippen MR) is 238 cm³/mol. The quantitative estimate of drug-likeness (QED) is 0.0391. The smallest absolute Gasteiger partial charge is 0.437 e. The molecule has 0 aliphatic heterocycles. The summed E-state index contributed by atoms with van der Waals surface area (Å²) in [6.07, 6.45) is -5.98.